The van der Waals surface area contributed by atoms with Crippen LogP contribution in [0.2, 0.25) is 0 Å². The van der Waals surface area contributed by atoms with Crippen molar-refractivity contribution in [3.63, 3.8) is 0 Å². The molecule has 5 rings (SSSR count). The van der Waals surface area contributed by atoms with Crippen molar-refractivity contribution >= 4 is 5.97 Å². The fourth-order valence-electron chi connectivity index (χ4n) is 13.3. The Kier molecular flexibility index (Phi) is 10.4. The Morgan fingerprint density at radius 2 is 1.47 bits per heavy atom. The van der Waals surface area contributed by atoms with Crippen molar-refractivity contribution in [2.45, 2.75) is 190 Å². The van der Waals surface area contributed by atoms with Gasteiger partial charge in [-0.3, -0.25) is 4.79 Å². The first-order chi connectivity index (χ1) is 21.2. The van der Waals surface area contributed by atoms with E-state index in [1.807, 2.05) is 0 Å². The molecule has 4 fully saturated rings. The molecule has 5 aliphatic rings. The molecular formula is C42H72O3. The van der Waals surface area contributed by atoms with E-state index in [-0.39, 0.29) is 45.3 Å². The minimum absolute atomic E-state index is 0.00553. The van der Waals surface area contributed by atoms with E-state index < -0.39 is 0 Å². The summed E-state index contributed by atoms with van der Waals surface area (Å²) in [6.07, 6.45) is 23.5. The maximum atomic E-state index is 13.1. The van der Waals surface area contributed by atoms with Gasteiger partial charge in [-0.15, -0.1) is 0 Å². The van der Waals surface area contributed by atoms with Crippen LogP contribution in [0.3, 0.4) is 0 Å². The van der Waals surface area contributed by atoms with Crippen LogP contribution in [0.25, 0.3) is 0 Å². The maximum absolute atomic E-state index is 13.1. The van der Waals surface area contributed by atoms with Gasteiger partial charge in [-0.05, 0) is 111 Å². The molecule has 0 aromatic carbocycles. The lowest BCUT2D eigenvalue weighted by Gasteiger charge is -2.74. The summed E-state index contributed by atoms with van der Waals surface area (Å²) in [6.45, 7) is 22.2. The highest BCUT2D eigenvalue weighted by Gasteiger charge is 2.71. The number of aliphatic hydroxyl groups is 1. The summed E-state index contributed by atoms with van der Waals surface area (Å²) in [5.74, 6) is 3.07. The first-order valence-electron chi connectivity index (χ1n) is 19.7. The number of hydrogen-bond donors (Lipinski definition) is 1. The summed E-state index contributed by atoms with van der Waals surface area (Å²) in [7, 11) is 0. The number of aliphatic hydroxyl groups excluding tert-OH is 1. The lowest BCUT2D eigenvalue weighted by Crippen LogP contribution is -2.69. The maximum Gasteiger partial charge on any atom is 0.306 e. The number of allylic oxidation sites excluding steroid dienone is 2. The topological polar surface area (TPSA) is 46.5 Å². The second-order valence-electron chi connectivity index (χ2n) is 18.8. The fourth-order valence-corrected chi connectivity index (χ4v) is 13.3. The lowest BCUT2D eigenvalue weighted by atomic mass is 9.31. The Labute approximate surface area is 278 Å². The molecule has 5 aliphatic carbocycles. The van der Waals surface area contributed by atoms with Crippen molar-refractivity contribution in [3.05, 3.63) is 11.6 Å². The highest BCUT2D eigenvalue weighted by molar-refractivity contribution is 5.69. The van der Waals surface area contributed by atoms with E-state index in [1.54, 1.807) is 5.57 Å². The van der Waals surface area contributed by atoms with E-state index in [9.17, 15) is 9.90 Å². The minimum Gasteiger partial charge on any atom is -0.462 e. The number of carbonyl (C=O) groups is 1. The van der Waals surface area contributed by atoms with Crippen molar-refractivity contribution in [1.82, 2.24) is 0 Å². The Morgan fingerprint density at radius 3 is 2.13 bits per heavy atom. The van der Waals surface area contributed by atoms with Gasteiger partial charge in [0.15, 0.2) is 0 Å². The fraction of sp³-hybridized carbons (Fsp3) is 0.929. The van der Waals surface area contributed by atoms with Crippen molar-refractivity contribution in [3.8, 4) is 0 Å². The van der Waals surface area contributed by atoms with Crippen molar-refractivity contribution in [2.24, 2.45) is 56.7 Å². The molecule has 0 aromatic heterocycles. The highest BCUT2D eigenvalue weighted by Crippen LogP contribution is 2.76. The van der Waals surface area contributed by atoms with Crippen LogP contribution < -0.4 is 0 Å². The van der Waals surface area contributed by atoms with Gasteiger partial charge in [0, 0.05) is 17.3 Å². The summed E-state index contributed by atoms with van der Waals surface area (Å²) in [5.41, 5.74) is 2.18. The van der Waals surface area contributed by atoms with Gasteiger partial charge in [0.1, 0.15) is 6.10 Å². The largest absolute Gasteiger partial charge is 0.462 e. The Balaban J connectivity index is 1.24. The second kappa shape index (κ2) is 13.2. The number of fused-ring (bicyclic) bond motifs is 7. The van der Waals surface area contributed by atoms with Gasteiger partial charge in [-0.2, -0.15) is 0 Å². The predicted octanol–water partition coefficient (Wildman–Crippen LogP) is 11.5. The Morgan fingerprint density at radius 1 is 0.822 bits per heavy atom. The van der Waals surface area contributed by atoms with E-state index in [4.69, 9.17) is 4.74 Å². The molecule has 0 aliphatic heterocycles. The Hall–Kier alpha value is -0.830. The molecule has 0 radical (unpaired) electrons. The summed E-state index contributed by atoms with van der Waals surface area (Å²) in [6, 6.07) is 0. The van der Waals surface area contributed by atoms with Crippen molar-refractivity contribution in [1.29, 1.82) is 0 Å². The zero-order valence-electron chi connectivity index (χ0n) is 31.1. The molecular weight excluding hydrogens is 552 g/mol. The number of unbranched alkanes of at least 4 members (excludes halogenated alkanes) is 8. The Bertz CT molecular complexity index is 1080. The van der Waals surface area contributed by atoms with Crippen molar-refractivity contribution < 1.29 is 14.6 Å². The van der Waals surface area contributed by atoms with Crippen molar-refractivity contribution in [2.75, 3.05) is 0 Å². The SMILES string of the molecule is CCCCCCCCCCCC(=O)OC1CCC2(C)C(CCC3(C)C2CCC2C4C(C)C(C)=CCC4(C)C(O)CC23C)C1(C)C. The van der Waals surface area contributed by atoms with Crippen LogP contribution in [-0.2, 0) is 9.53 Å². The van der Waals surface area contributed by atoms with Gasteiger partial charge >= 0.3 is 5.97 Å². The predicted molar refractivity (Wildman–Crippen MR) is 188 cm³/mol. The summed E-state index contributed by atoms with van der Waals surface area (Å²) in [4.78, 5) is 13.1. The zero-order valence-corrected chi connectivity index (χ0v) is 31.1. The lowest BCUT2D eigenvalue weighted by molar-refractivity contribution is -0.268. The number of ether oxygens (including phenoxy) is 1. The number of hydrogen-bond acceptors (Lipinski definition) is 3. The van der Waals surface area contributed by atoms with Crippen LogP contribution in [0.15, 0.2) is 11.6 Å². The third-order valence-corrected chi connectivity index (χ3v) is 16.3. The van der Waals surface area contributed by atoms with E-state index >= 15 is 0 Å². The molecule has 45 heavy (non-hydrogen) atoms. The average molecular weight is 625 g/mol. The molecule has 11 unspecified atom stereocenters. The number of esters is 1. The first-order valence-corrected chi connectivity index (χ1v) is 19.7. The molecule has 0 spiro atoms. The van der Waals surface area contributed by atoms with Gasteiger partial charge in [-0.1, -0.05) is 118 Å². The molecule has 4 saturated carbocycles. The number of rotatable bonds is 11. The normalized spacial score (nSPS) is 45.4. The van der Waals surface area contributed by atoms with Crippen LogP contribution in [0, 0.1) is 56.7 Å². The smallest absolute Gasteiger partial charge is 0.306 e. The standard InChI is InChI=1S/C42H72O3/c1-10-11-12-13-14-15-16-17-18-19-36(44)45-35-24-26-39(6)32(38(35,4)5)23-27-41(8)33(39)21-20-31-37-30(3)29(2)22-25-40(37,7)34(43)28-42(31,41)9/h22,30-35,37,43H,10-21,23-28H2,1-9H3. The van der Waals surface area contributed by atoms with Gasteiger partial charge in [0.2, 0.25) is 0 Å². The van der Waals surface area contributed by atoms with Crippen LogP contribution in [0.1, 0.15) is 178 Å². The van der Waals surface area contributed by atoms with E-state index in [2.05, 4.69) is 68.4 Å². The molecule has 11 atom stereocenters. The summed E-state index contributed by atoms with van der Waals surface area (Å²) in [5, 5.41) is 11.9. The summed E-state index contributed by atoms with van der Waals surface area (Å²) >= 11 is 0. The van der Waals surface area contributed by atoms with Crippen LogP contribution in [0.5, 0.6) is 0 Å². The van der Waals surface area contributed by atoms with Crippen LogP contribution in [-0.4, -0.2) is 23.3 Å². The molecule has 0 saturated heterocycles. The molecule has 0 amide bonds. The minimum atomic E-state index is -0.228. The van der Waals surface area contributed by atoms with Gasteiger partial charge in [0.25, 0.3) is 0 Å². The third-order valence-electron chi connectivity index (χ3n) is 16.3. The zero-order chi connectivity index (χ0) is 32.8. The molecule has 0 bridgehead atoms. The van der Waals surface area contributed by atoms with E-state index in [0.29, 0.717) is 36.0 Å². The molecule has 3 nitrogen and oxygen atoms in total. The third kappa shape index (κ3) is 5.92. The molecule has 258 valence electrons. The van der Waals surface area contributed by atoms with Gasteiger partial charge < -0.3 is 9.84 Å². The quantitative estimate of drug-likeness (QED) is 0.141. The molecule has 1 N–H and O–H groups in total. The van der Waals surface area contributed by atoms with E-state index in [0.717, 1.165) is 32.1 Å². The second-order valence-corrected chi connectivity index (χ2v) is 18.8. The molecule has 0 heterocycles. The van der Waals surface area contributed by atoms with Gasteiger partial charge in [0.05, 0.1) is 6.10 Å². The van der Waals surface area contributed by atoms with Crippen LogP contribution in [0.4, 0.5) is 0 Å². The van der Waals surface area contributed by atoms with E-state index in [1.165, 1.54) is 77.0 Å². The molecule has 0 aromatic rings. The monoisotopic (exact) mass is 625 g/mol. The first kappa shape index (κ1) is 35.5. The van der Waals surface area contributed by atoms with Crippen LogP contribution >= 0.6 is 0 Å². The summed E-state index contributed by atoms with van der Waals surface area (Å²) < 4.78 is 6.37. The number of carbonyl (C=O) groups excluding carboxylic acids is 1. The van der Waals surface area contributed by atoms with Gasteiger partial charge in [-0.25, -0.2) is 0 Å². The highest BCUT2D eigenvalue weighted by atomic mass is 16.5. The average Bonchev–Trinajstić information content (AvgIpc) is 2.97. The molecule has 3 heteroatoms.